The highest BCUT2D eigenvalue weighted by molar-refractivity contribution is 9.10. The summed E-state index contributed by atoms with van der Waals surface area (Å²) in [4.78, 5) is 4.22. The first-order chi connectivity index (χ1) is 8.33. The van der Waals surface area contributed by atoms with Crippen LogP contribution in [0, 0.1) is 0 Å². The van der Waals surface area contributed by atoms with Crippen LogP contribution in [0.3, 0.4) is 0 Å². The zero-order valence-electron chi connectivity index (χ0n) is 8.75. The van der Waals surface area contributed by atoms with Gasteiger partial charge < -0.3 is 0 Å². The smallest absolute Gasteiger partial charge is 0.210 e. The van der Waals surface area contributed by atoms with E-state index in [2.05, 4.69) is 38.1 Å². The number of aromatic nitrogens is 3. The Labute approximate surface area is 111 Å². The Balaban J connectivity index is 1.98. The second-order valence-electron chi connectivity index (χ2n) is 3.50. The summed E-state index contributed by atoms with van der Waals surface area (Å²) in [7, 11) is 0. The third-order valence-electron chi connectivity index (χ3n) is 2.38. The summed E-state index contributed by atoms with van der Waals surface area (Å²) < 4.78 is 2.87. The van der Waals surface area contributed by atoms with Crippen LogP contribution in [0.5, 0.6) is 0 Å². The third-order valence-corrected chi connectivity index (χ3v) is 3.67. The van der Waals surface area contributed by atoms with Crippen LogP contribution in [-0.2, 0) is 0 Å². The molecule has 3 aromatic rings. The van der Waals surface area contributed by atoms with E-state index in [1.54, 1.807) is 22.2 Å². The summed E-state index contributed by atoms with van der Waals surface area (Å²) in [5, 5.41) is 7.13. The lowest BCUT2D eigenvalue weighted by molar-refractivity contribution is 0.870. The monoisotopic (exact) mass is 305 g/mol. The molecule has 0 N–H and O–H groups in total. The number of hydrogen-bond acceptors (Lipinski definition) is 3. The standard InChI is InChI=1S/C12H8BrN3S/c13-11-3-1-9(2-4-11)10-7-15-16(8-10)12-14-5-6-17-12/h1-8H. The van der Waals surface area contributed by atoms with Crippen LogP contribution in [-0.4, -0.2) is 14.8 Å². The number of thiazole rings is 1. The summed E-state index contributed by atoms with van der Waals surface area (Å²) in [6.45, 7) is 0. The summed E-state index contributed by atoms with van der Waals surface area (Å²) in [5.41, 5.74) is 2.24. The van der Waals surface area contributed by atoms with Crippen molar-refractivity contribution in [2.75, 3.05) is 0 Å². The summed E-state index contributed by atoms with van der Waals surface area (Å²) in [6.07, 6.45) is 5.62. The Morgan fingerprint density at radius 1 is 1.12 bits per heavy atom. The number of hydrogen-bond donors (Lipinski definition) is 0. The minimum absolute atomic E-state index is 0.883. The zero-order valence-corrected chi connectivity index (χ0v) is 11.1. The maximum absolute atomic E-state index is 4.31. The topological polar surface area (TPSA) is 30.7 Å². The fraction of sp³-hybridized carbons (Fsp3) is 0. The minimum Gasteiger partial charge on any atom is -0.227 e. The molecule has 3 nitrogen and oxygen atoms in total. The lowest BCUT2D eigenvalue weighted by Crippen LogP contribution is -1.91. The van der Waals surface area contributed by atoms with Crippen molar-refractivity contribution in [2.24, 2.45) is 0 Å². The largest absolute Gasteiger partial charge is 0.227 e. The van der Waals surface area contributed by atoms with Crippen LogP contribution < -0.4 is 0 Å². The predicted octanol–water partition coefficient (Wildman–Crippen LogP) is 3.76. The Kier molecular flexibility index (Phi) is 2.78. The van der Waals surface area contributed by atoms with Gasteiger partial charge in [-0.1, -0.05) is 28.1 Å². The van der Waals surface area contributed by atoms with Crippen molar-refractivity contribution in [3.8, 4) is 16.3 Å². The SMILES string of the molecule is Brc1ccc(-c2cnn(-c3nccs3)c2)cc1. The maximum atomic E-state index is 4.31. The van der Waals surface area contributed by atoms with E-state index in [9.17, 15) is 0 Å². The molecule has 0 aliphatic rings. The molecular formula is C12H8BrN3S. The van der Waals surface area contributed by atoms with E-state index in [4.69, 9.17) is 0 Å². The molecule has 2 heterocycles. The molecule has 2 aromatic heterocycles. The molecule has 17 heavy (non-hydrogen) atoms. The highest BCUT2D eigenvalue weighted by Crippen LogP contribution is 2.22. The first-order valence-corrected chi connectivity index (χ1v) is 6.71. The van der Waals surface area contributed by atoms with Gasteiger partial charge in [0.25, 0.3) is 0 Å². The predicted molar refractivity (Wildman–Crippen MR) is 72.4 cm³/mol. The van der Waals surface area contributed by atoms with Crippen molar-refractivity contribution in [3.05, 3.63) is 52.7 Å². The van der Waals surface area contributed by atoms with E-state index in [0.29, 0.717) is 0 Å². The van der Waals surface area contributed by atoms with Gasteiger partial charge in [0.15, 0.2) is 0 Å². The van der Waals surface area contributed by atoms with Gasteiger partial charge in [-0.3, -0.25) is 0 Å². The first-order valence-electron chi connectivity index (χ1n) is 5.03. The number of benzene rings is 1. The molecule has 5 heteroatoms. The van der Waals surface area contributed by atoms with Gasteiger partial charge in [-0.05, 0) is 17.7 Å². The molecule has 0 unspecified atom stereocenters. The van der Waals surface area contributed by atoms with E-state index in [0.717, 1.165) is 20.7 Å². The zero-order chi connectivity index (χ0) is 11.7. The summed E-state index contributed by atoms with van der Waals surface area (Å²) in [5.74, 6) is 0. The van der Waals surface area contributed by atoms with E-state index in [1.165, 1.54) is 0 Å². The van der Waals surface area contributed by atoms with Gasteiger partial charge in [0, 0.05) is 27.8 Å². The number of rotatable bonds is 2. The average molecular weight is 306 g/mol. The van der Waals surface area contributed by atoms with Gasteiger partial charge in [-0.25, -0.2) is 9.67 Å². The molecule has 0 atom stereocenters. The Bertz CT molecular complexity index is 614. The number of halogens is 1. The summed E-state index contributed by atoms with van der Waals surface area (Å²) >= 11 is 4.99. The second-order valence-corrected chi connectivity index (χ2v) is 5.28. The molecule has 0 fully saturated rings. The van der Waals surface area contributed by atoms with Crippen LogP contribution >= 0.6 is 27.3 Å². The highest BCUT2D eigenvalue weighted by atomic mass is 79.9. The van der Waals surface area contributed by atoms with E-state index >= 15 is 0 Å². The van der Waals surface area contributed by atoms with Gasteiger partial charge >= 0.3 is 0 Å². The quantitative estimate of drug-likeness (QED) is 0.722. The van der Waals surface area contributed by atoms with Crippen molar-refractivity contribution in [3.63, 3.8) is 0 Å². The number of nitrogens with zero attached hydrogens (tertiary/aromatic N) is 3. The van der Waals surface area contributed by atoms with E-state index in [1.807, 2.05) is 29.9 Å². The molecule has 0 radical (unpaired) electrons. The van der Waals surface area contributed by atoms with Crippen LogP contribution in [0.4, 0.5) is 0 Å². The van der Waals surface area contributed by atoms with Gasteiger partial charge in [0.05, 0.1) is 6.20 Å². The van der Waals surface area contributed by atoms with Crippen LogP contribution in [0.15, 0.2) is 52.7 Å². The highest BCUT2D eigenvalue weighted by Gasteiger charge is 2.04. The second kappa shape index (κ2) is 4.43. The molecule has 3 rings (SSSR count). The molecule has 84 valence electrons. The van der Waals surface area contributed by atoms with E-state index < -0.39 is 0 Å². The lowest BCUT2D eigenvalue weighted by atomic mass is 10.1. The molecule has 0 saturated heterocycles. The van der Waals surface area contributed by atoms with Gasteiger partial charge in [0.2, 0.25) is 5.13 Å². The van der Waals surface area contributed by atoms with Crippen LogP contribution in [0.2, 0.25) is 0 Å². The average Bonchev–Trinajstić information content (AvgIpc) is 3.00. The molecule has 0 amide bonds. The third kappa shape index (κ3) is 2.16. The van der Waals surface area contributed by atoms with Crippen LogP contribution in [0.25, 0.3) is 16.3 Å². The van der Waals surface area contributed by atoms with Gasteiger partial charge in [-0.2, -0.15) is 5.10 Å². The fourth-order valence-electron chi connectivity index (χ4n) is 1.55. The Hall–Kier alpha value is -1.46. The molecule has 0 bridgehead atoms. The molecule has 0 aliphatic heterocycles. The lowest BCUT2D eigenvalue weighted by Gasteiger charge is -1.96. The van der Waals surface area contributed by atoms with Crippen molar-refractivity contribution < 1.29 is 0 Å². The minimum atomic E-state index is 0.883. The summed E-state index contributed by atoms with van der Waals surface area (Å²) in [6, 6.07) is 8.17. The van der Waals surface area contributed by atoms with E-state index in [-0.39, 0.29) is 0 Å². The molecular weight excluding hydrogens is 298 g/mol. The van der Waals surface area contributed by atoms with Crippen molar-refractivity contribution >= 4 is 27.3 Å². The van der Waals surface area contributed by atoms with Crippen LogP contribution in [0.1, 0.15) is 0 Å². The van der Waals surface area contributed by atoms with Gasteiger partial charge in [-0.15, -0.1) is 11.3 Å². The van der Waals surface area contributed by atoms with Gasteiger partial charge in [0.1, 0.15) is 0 Å². The molecule has 1 aromatic carbocycles. The normalized spacial score (nSPS) is 10.6. The first kappa shape index (κ1) is 10.7. The Morgan fingerprint density at radius 3 is 2.65 bits per heavy atom. The molecule has 0 spiro atoms. The van der Waals surface area contributed by atoms with Crippen molar-refractivity contribution in [1.29, 1.82) is 0 Å². The fourth-order valence-corrected chi connectivity index (χ4v) is 2.39. The Morgan fingerprint density at radius 2 is 1.94 bits per heavy atom. The van der Waals surface area contributed by atoms with Crippen molar-refractivity contribution in [1.82, 2.24) is 14.8 Å². The van der Waals surface area contributed by atoms with Crippen molar-refractivity contribution in [2.45, 2.75) is 0 Å². The molecule has 0 aliphatic carbocycles. The molecule has 0 saturated carbocycles. The maximum Gasteiger partial charge on any atom is 0.210 e.